The molecule has 22 heavy (non-hydrogen) atoms. The summed E-state index contributed by atoms with van der Waals surface area (Å²) < 4.78 is 0. The van der Waals surface area contributed by atoms with Gasteiger partial charge in [0.1, 0.15) is 0 Å². The molecule has 0 saturated carbocycles. The van der Waals surface area contributed by atoms with Crippen molar-refractivity contribution in [2.24, 2.45) is 0 Å². The van der Waals surface area contributed by atoms with Gasteiger partial charge in [-0.15, -0.1) is 0 Å². The first-order valence-corrected chi connectivity index (χ1v) is 8.30. The molecule has 0 radical (unpaired) electrons. The molecule has 1 aromatic carbocycles. The van der Waals surface area contributed by atoms with Crippen LogP contribution in [-0.4, -0.2) is 47.8 Å². The molecular formula is C18H26N2O2. The summed E-state index contributed by atoms with van der Waals surface area (Å²) in [7, 11) is 0. The van der Waals surface area contributed by atoms with Crippen LogP contribution >= 0.6 is 0 Å². The van der Waals surface area contributed by atoms with E-state index in [-0.39, 0.29) is 11.8 Å². The van der Waals surface area contributed by atoms with E-state index in [1.165, 1.54) is 5.56 Å². The Morgan fingerprint density at radius 3 is 2.23 bits per heavy atom. The third kappa shape index (κ3) is 4.86. The number of carbonyl (C=O) groups is 2. The summed E-state index contributed by atoms with van der Waals surface area (Å²) in [6.07, 6.45) is 3.86. The van der Waals surface area contributed by atoms with Gasteiger partial charge in [0.05, 0.1) is 0 Å². The van der Waals surface area contributed by atoms with Crippen molar-refractivity contribution < 1.29 is 9.59 Å². The van der Waals surface area contributed by atoms with E-state index in [2.05, 4.69) is 12.1 Å². The van der Waals surface area contributed by atoms with Gasteiger partial charge in [-0.05, 0) is 24.8 Å². The Labute approximate surface area is 133 Å². The fourth-order valence-electron chi connectivity index (χ4n) is 2.89. The zero-order chi connectivity index (χ0) is 15.8. The summed E-state index contributed by atoms with van der Waals surface area (Å²) in [6, 6.07) is 10.3. The lowest BCUT2D eigenvalue weighted by molar-refractivity contribution is -0.133. The Morgan fingerprint density at radius 2 is 1.59 bits per heavy atom. The molecule has 1 saturated heterocycles. The van der Waals surface area contributed by atoms with Crippen LogP contribution in [0.5, 0.6) is 0 Å². The fraction of sp³-hybridized carbons (Fsp3) is 0.556. The van der Waals surface area contributed by atoms with Crippen LogP contribution in [0.15, 0.2) is 30.3 Å². The molecule has 4 nitrogen and oxygen atoms in total. The summed E-state index contributed by atoms with van der Waals surface area (Å²) >= 11 is 0. The number of hydrogen-bond acceptors (Lipinski definition) is 2. The highest BCUT2D eigenvalue weighted by atomic mass is 16.2. The first kappa shape index (κ1) is 16.5. The molecule has 0 unspecified atom stereocenters. The van der Waals surface area contributed by atoms with Crippen molar-refractivity contribution in [1.29, 1.82) is 0 Å². The summed E-state index contributed by atoms with van der Waals surface area (Å²) in [5.74, 6) is 0.417. The molecule has 1 aromatic rings. The van der Waals surface area contributed by atoms with Gasteiger partial charge in [-0.3, -0.25) is 9.59 Å². The van der Waals surface area contributed by atoms with Crippen LogP contribution in [0.2, 0.25) is 0 Å². The van der Waals surface area contributed by atoms with Gasteiger partial charge in [-0.1, -0.05) is 37.3 Å². The Morgan fingerprint density at radius 1 is 0.955 bits per heavy atom. The van der Waals surface area contributed by atoms with Gasteiger partial charge in [0, 0.05) is 39.0 Å². The van der Waals surface area contributed by atoms with Crippen molar-refractivity contribution in [1.82, 2.24) is 9.80 Å². The molecule has 0 aliphatic carbocycles. The lowest BCUT2D eigenvalue weighted by atomic mass is 10.1. The van der Waals surface area contributed by atoms with Crippen molar-refractivity contribution in [3.63, 3.8) is 0 Å². The molecule has 4 heteroatoms. The minimum Gasteiger partial charge on any atom is -0.341 e. The molecule has 0 atom stereocenters. The first-order valence-electron chi connectivity index (χ1n) is 8.30. The molecule has 0 spiro atoms. The second kappa shape index (κ2) is 8.57. The number of carbonyl (C=O) groups excluding carboxylic acids is 2. The monoisotopic (exact) mass is 302 g/mol. The molecule has 0 N–H and O–H groups in total. The molecule has 0 aromatic heterocycles. The van der Waals surface area contributed by atoms with Gasteiger partial charge in [0.25, 0.3) is 0 Å². The van der Waals surface area contributed by atoms with Crippen molar-refractivity contribution in [3.05, 3.63) is 35.9 Å². The molecule has 1 fully saturated rings. The zero-order valence-electron chi connectivity index (χ0n) is 13.5. The first-order chi connectivity index (χ1) is 10.7. The fourth-order valence-corrected chi connectivity index (χ4v) is 2.89. The standard InChI is InChI=1S/C18H26N2O2/c1-2-17(21)19-12-7-13-20(15-14-19)18(22)11-6-10-16-8-4-3-5-9-16/h3-5,8-9H,2,6-7,10-15H2,1H3. The number of hydrogen-bond donors (Lipinski definition) is 0. The SMILES string of the molecule is CCC(=O)N1CCCN(C(=O)CCCc2ccccc2)CC1. The van der Waals surface area contributed by atoms with Crippen LogP contribution in [0.1, 0.15) is 38.2 Å². The predicted molar refractivity (Wildman–Crippen MR) is 87.4 cm³/mol. The molecular weight excluding hydrogens is 276 g/mol. The van der Waals surface area contributed by atoms with E-state index in [9.17, 15) is 9.59 Å². The molecule has 0 bridgehead atoms. The highest BCUT2D eigenvalue weighted by Gasteiger charge is 2.20. The van der Waals surface area contributed by atoms with E-state index >= 15 is 0 Å². The maximum absolute atomic E-state index is 12.3. The maximum atomic E-state index is 12.3. The minimum atomic E-state index is 0.193. The van der Waals surface area contributed by atoms with Crippen molar-refractivity contribution >= 4 is 11.8 Å². The molecule has 120 valence electrons. The van der Waals surface area contributed by atoms with E-state index in [1.54, 1.807) is 0 Å². The predicted octanol–water partition coefficient (Wildman–Crippen LogP) is 2.48. The molecule has 1 heterocycles. The number of benzene rings is 1. The van der Waals surface area contributed by atoms with Gasteiger partial charge in [0.15, 0.2) is 0 Å². The van der Waals surface area contributed by atoms with E-state index < -0.39 is 0 Å². The minimum absolute atomic E-state index is 0.193. The van der Waals surface area contributed by atoms with Gasteiger partial charge in [-0.2, -0.15) is 0 Å². The Hall–Kier alpha value is -1.84. The average molecular weight is 302 g/mol. The van der Waals surface area contributed by atoms with E-state index in [4.69, 9.17) is 0 Å². The Bertz CT molecular complexity index is 487. The number of amides is 2. The third-order valence-electron chi connectivity index (χ3n) is 4.20. The topological polar surface area (TPSA) is 40.6 Å². The largest absolute Gasteiger partial charge is 0.341 e. The smallest absolute Gasteiger partial charge is 0.222 e. The highest BCUT2D eigenvalue weighted by Crippen LogP contribution is 2.09. The van der Waals surface area contributed by atoms with Crippen LogP contribution in [0, 0.1) is 0 Å². The van der Waals surface area contributed by atoms with Crippen LogP contribution in [0.3, 0.4) is 0 Å². The maximum Gasteiger partial charge on any atom is 0.222 e. The van der Waals surface area contributed by atoms with E-state index in [0.717, 1.165) is 32.4 Å². The van der Waals surface area contributed by atoms with E-state index in [0.29, 0.717) is 25.9 Å². The lowest BCUT2D eigenvalue weighted by Gasteiger charge is -2.22. The molecule has 1 aliphatic heterocycles. The molecule has 2 rings (SSSR count). The number of nitrogens with zero attached hydrogens (tertiary/aromatic N) is 2. The van der Waals surface area contributed by atoms with Gasteiger partial charge < -0.3 is 9.80 Å². The van der Waals surface area contributed by atoms with Crippen molar-refractivity contribution in [3.8, 4) is 0 Å². The van der Waals surface area contributed by atoms with E-state index in [1.807, 2.05) is 34.9 Å². The van der Waals surface area contributed by atoms with Gasteiger partial charge in [0.2, 0.25) is 11.8 Å². The zero-order valence-corrected chi connectivity index (χ0v) is 13.5. The Balaban J connectivity index is 1.74. The van der Waals surface area contributed by atoms with Crippen LogP contribution in [0.25, 0.3) is 0 Å². The van der Waals surface area contributed by atoms with Crippen LogP contribution in [-0.2, 0) is 16.0 Å². The highest BCUT2D eigenvalue weighted by molar-refractivity contribution is 5.77. The lowest BCUT2D eigenvalue weighted by Crippen LogP contribution is -2.37. The summed E-state index contributed by atoms with van der Waals surface area (Å²) in [5, 5.41) is 0. The van der Waals surface area contributed by atoms with Gasteiger partial charge in [-0.25, -0.2) is 0 Å². The molecule has 1 aliphatic rings. The van der Waals surface area contributed by atoms with Crippen LogP contribution < -0.4 is 0 Å². The normalized spacial score (nSPS) is 15.5. The summed E-state index contributed by atoms with van der Waals surface area (Å²) in [6.45, 7) is 4.80. The molecule has 2 amide bonds. The Kier molecular flexibility index (Phi) is 6.44. The quantitative estimate of drug-likeness (QED) is 0.838. The van der Waals surface area contributed by atoms with Crippen molar-refractivity contribution in [2.75, 3.05) is 26.2 Å². The van der Waals surface area contributed by atoms with Crippen molar-refractivity contribution in [2.45, 2.75) is 39.0 Å². The summed E-state index contributed by atoms with van der Waals surface area (Å²) in [4.78, 5) is 27.9. The van der Waals surface area contributed by atoms with Crippen LogP contribution in [0.4, 0.5) is 0 Å². The average Bonchev–Trinajstić information content (AvgIpc) is 2.81. The number of rotatable bonds is 5. The summed E-state index contributed by atoms with van der Waals surface area (Å²) in [5.41, 5.74) is 1.28. The second-order valence-electron chi connectivity index (χ2n) is 5.81. The third-order valence-corrected chi connectivity index (χ3v) is 4.20. The second-order valence-corrected chi connectivity index (χ2v) is 5.81. The number of aryl methyl sites for hydroxylation is 1. The van der Waals surface area contributed by atoms with Gasteiger partial charge >= 0.3 is 0 Å².